The molecule has 0 saturated carbocycles. The van der Waals surface area contributed by atoms with Crippen molar-refractivity contribution in [1.82, 2.24) is 10.5 Å². The van der Waals surface area contributed by atoms with E-state index in [1.807, 2.05) is 0 Å². The summed E-state index contributed by atoms with van der Waals surface area (Å²) in [4.78, 5) is 11.5. The number of rotatable bonds is 5. The Balaban J connectivity index is 1.70. The van der Waals surface area contributed by atoms with E-state index in [2.05, 4.69) is 15.0 Å². The molecule has 1 aromatic heterocycles. The van der Waals surface area contributed by atoms with Crippen LogP contribution < -0.4 is 15.8 Å². The van der Waals surface area contributed by atoms with Crippen LogP contribution in [0.3, 0.4) is 0 Å². The minimum Gasteiger partial charge on any atom is -0.492 e. The third kappa shape index (κ3) is 3.24. The molecule has 0 atom stereocenters. The summed E-state index contributed by atoms with van der Waals surface area (Å²) in [6.07, 6.45) is 1.35. The molecule has 0 saturated heterocycles. The highest BCUT2D eigenvalue weighted by molar-refractivity contribution is 5.91. The number of nitrogens with two attached hydrogens (primary N) is 1. The summed E-state index contributed by atoms with van der Waals surface area (Å²) in [5, 5.41) is 6.18. The van der Waals surface area contributed by atoms with Crippen LogP contribution in [-0.2, 0) is 0 Å². The van der Waals surface area contributed by atoms with Gasteiger partial charge in [-0.25, -0.2) is 0 Å². The molecule has 1 amide bonds. The Bertz CT molecular complexity index is 494. The van der Waals surface area contributed by atoms with Crippen molar-refractivity contribution >= 4 is 11.6 Å². The summed E-state index contributed by atoms with van der Waals surface area (Å²) in [5.74, 6) is 0.421. The van der Waals surface area contributed by atoms with E-state index in [1.54, 1.807) is 24.3 Å². The topological polar surface area (TPSA) is 90.4 Å². The molecule has 0 radical (unpaired) electrons. The van der Waals surface area contributed by atoms with Crippen molar-refractivity contribution in [3.05, 3.63) is 42.3 Å². The molecule has 0 aliphatic heterocycles. The molecule has 1 aromatic carbocycles. The van der Waals surface area contributed by atoms with Gasteiger partial charge in [-0.3, -0.25) is 4.79 Å². The minimum atomic E-state index is -0.287. The molecule has 0 unspecified atom stereocenters. The van der Waals surface area contributed by atoms with Gasteiger partial charge in [0.25, 0.3) is 5.91 Å². The van der Waals surface area contributed by atoms with E-state index in [-0.39, 0.29) is 11.6 Å². The van der Waals surface area contributed by atoms with Crippen LogP contribution in [0.2, 0.25) is 0 Å². The molecular weight excluding hydrogens is 234 g/mol. The fourth-order valence-corrected chi connectivity index (χ4v) is 1.32. The summed E-state index contributed by atoms with van der Waals surface area (Å²) in [6.45, 7) is 0.754. The molecule has 1 heterocycles. The van der Waals surface area contributed by atoms with Gasteiger partial charge < -0.3 is 20.3 Å². The van der Waals surface area contributed by atoms with Gasteiger partial charge in [-0.2, -0.15) is 0 Å². The van der Waals surface area contributed by atoms with Crippen molar-refractivity contribution in [2.45, 2.75) is 0 Å². The van der Waals surface area contributed by atoms with Crippen LogP contribution in [-0.4, -0.2) is 24.2 Å². The lowest BCUT2D eigenvalue weighted by atomic mass is 10.3. The standard InChI is InChI=1S/C12H13N3O3/c13-9-1-3-10(4-2-9)17-8-6-14-12(16)11-5-7-18-15-11/h1-5,7H,6,8,13H2,(H,14,16). The smallest absolute Gasteiger partial charge is 0.273 e. The molecule has 0 aliphatic rings. The first-order valence-electron chi connectivity index (χ1n) is 5.42. The van der Waals surface area contributed by atoms with Crippen molar-refractivity contribution in [3.8, 4) is 5.75 Å². The van der Waals surface area contributed by atoms with E-state index in [9.17, 15) is 4.79 Å². The number of nitrogens with zero attached hydrogens (tertiary/aromatic N) is 1. The lowest BCUT2D eigenvalue weighted by molar-refractivity contribution is 0.0938. The number of amides is 1. The summed E-state index contributed by atoms with van der Waals surface area (Å²) in [7, 11) is 0. The molecular formula is C12H13N3O3. The average Bonchev–Trinajstić information content (AvgIpc) is 2.90. The van der Waals surface area contributed by atoms with Crippen LogP contribution in [0.15, 0.2) is 41.1 Å². The van der Waals surface area contributed by atoms with Crippen LogP contribution >= 0.6 is 0 Å². The van der Waals surface area contributed by atoms with Gasteiger partial charge in [-0.15, -0.1) is 0 Å². The molecule has 0 spiro atoms. The van der Waals surface area contributed by atoms with E-state index in [1.165, 1.54) is 12.3 Å². The second-order valence-corrected chi connectivity index (χ2v) is 3.56. The molecule has 6 nitrogen and oxygen atoms in total. The van der Waals surface area contributed by atoms with Crippen molar-refractivity contribution in [3.63, 3.8) is 0 Å². The lowest BCUT2D eigenvalue weighted by Gasteiger charge is -2.06. The van der Waals surface area contributed by atoms with Crippen LogP contribution in [0.4, 0.5) is 5.69 Å². The molecule has 2 aromatic rings. The number of hydrogen-bond donors (Lipinski definition) is 2. The van der Waals surface area contributed by atoms with Gasteiger partial charge >= 0.3 is 0 Å². The Labute approximate surface area is 104 Å². The summed E-state index contributed by atoms with van der Waals surface area (Å²) < 4.78 is 9.98. The van der Waals surface area contributed by atoms with Gasteiger partial charge in [0.05, 0.1) is 6.54 Å². The van der Waals surface area contributed by atoms with Gasteiger partial charge in [0.15, 0.2) is 5.69 Å². The Morgan fingerprint density at radius 1 is 1.33 bits per heavy atom. The number of benzene rings is 1. The molecule has 3 N–H and O–H groups in total. The third-order valence-electron chi connectivity index (χ3n) is 2.21. The van der Waals surface area contributed by atoms with Gasteiger partial charge in [-0.1, -0.05) is 5.16 Å². The fourth-order valence-electron chi connectivity index (χ4n) is 1.32. The van der Waals surface area contributed by atoms with E-state index >= 15 is 0 Å². The highest BCUT2D eigenvalue weighted by atomic mass is 16.5. The molecule has 18 heavy (non-hydrogen) atoms. The zero-order chi connectivity index (χ0) is 12.8. The van der Waals surface area contributed by atoms with Gasteiger partial charge in [0, 0.05) is 11.8 Å². The van der Waals surface area contributed by atoms with Crippen LogP contribution in [0.5, 0.6) is 5.75 Å². The number of carbonyl (C=O) groups excluding carboxylic acids is 1. The largest absolute Gasteiger partial charge is 0.492 e. The molecule has 0 aliphatic carbocycles. The SMILES string of the molecule is Nc1ccc(OCCNC(=O)c2ccon2)cc1. The molecule has 94 valence electrons. The zero-order valence-electron chi connectivity index (χ0n) is 9.63. The zero-order valence-corrected chi connectivity index (χ0v) is 9.63. The maximum absolute atomic E-state index is 11.5. The monoisotopic (exact) mass is 247 g/mol. The first-order valence-corrected chi connectivity index (χ1v) is 5.42. The normalized spacial score (nSPS) is 10.0. The number of aromatic nitrogens is 1. The maximum Gasteiger partial charge on any atom is 0.273 e. The van der Waals surface area contributed by atoms with Crippen LogP contribution in [0.25, 0.3) is 0 Å². The van der Waals surface area contributed by atoms with Crippen molar-refractivity contribution in [1.29, 1.82) is 0 Å². The lowest BCUT2D eigenvalue weighted by Crippen LogP contribution is -2.28. The van der Waals surface area contributed by atoms with Crippen molar-refractivity contribution in [2.24, 2.45) is 0 Å². The van der Waals surface area contributed by atoms with E-state index in [4.69, 9.17) is 10.5 Å². The second-order valence-electron chi connectivity index (χ2n) is 3.56. The number of ether oxygens (including phenoxy) is 1. The minimum absolute atomic E-state index is 0.252. The Kier molecular flexibility index (Phi) is 3.80. The number of anilines is 1. The maximum atomic E-state index is 11.5. The predicted molar refractivity (Wildman–Crippen MR) is 65.2 cm³/mol. The third-order valence-corrected chi connectivity index (χ3v) is 2.21. The number of nitrogen functional groups attached to an aromatic ring is 1. The molecule has 2 rings (SSSR count). The second kappa shape index (κ2) is 5.72. The Morgan fingerprint density at radius 2 is 2.11 bits per heavy atom. The molecule has 0 fully saturated rings. The number of nitrogens with one attached hydrogen (secondary N) is 1. The van der Waals surface area contributed by atoms with Crippen molar-refractivity contribution < 1.29 is 14.1 Å². The summed E-state index contributed by atoms with van der Waals surface area (Å²) in [6, 6.07) is 8.55. The van der Waals surface area contributed by atoms with Gasteiger partial charge in [0.1, 0.15) is 18.6 Å². The molecule has 0 bridgehead atoms. The van der Waals surface area contributed by atoms with E-state index < -0.39 is 0 Å². The average molecular weight is 247 g/mol. The van der Waals surface area contributed by atoms with Crippen molar-refractivity contribution in [2.75, 3.05) is 18.9 Å². The summed E-state index contributed by atoms with van der Waals surface area (Å²) in [5.41, 5.74) is 6.48. The number of carbonyl (C=O) groups is 1. The summed E-state index contributed by atoms with van der Waals surface area (Å²) >= 11 is 0. The Morgan fingerprint density at radius 3 is 2.78 bits per heavy atom. The predicted octanol–water partition coefficient (Wildman–Crippen LogP) is 1.07. The highest BCUT2D eigenvalue weighted by Crippen LogP contribution is 2.12. The van der Waals surface area contributed by atoms with Crippen LogP contribution in [0, 0.1) is 0 Å². The van der Waals surface area contributed by atoms with Gasteiger partial charge in [0.2, 0.25) is 0 Å². The fraction of sp³-hybridized carbons (Fsp3) is 0.167. The quantitative estimate of drug-likeness (QED) is 0.609. The first-order chi connectivity index (χ1) is 8.75. The molecule has 6 heteroatoms. The Hall–Kier alpha value is -2.50. The van der Waals surface area contributed by atoms with Gasteiger partial charge in [-0.05, 0) is 24.3 Å². The van der Waals surface area contributed by atoms with E-state index in [0.29, 0.717) is 24.6 Å². The highest BCUT2D eigenvalue weighted by Gasteiger charge is 2.07. The van der Waals surface area contributed by atoms with Crippen LogP contribution in [0.1, 0.15) is 10.5 Å². The first kappa shape index (κ1) is 12.0. The van der Waals surface area contributed by atoms with E-state index in [0.717, 1.165) is 0 Å². The number of hydrogen-bond acceptors (Lipinski definition) is 5.